The van der Waals surface area contributed by atoms with Crippen molar-refractivity contribution >= 4 is 34.7 Å². The van der Waals surface area contributed by atoms with Crippen LogP contribution in [0.5, 0.6) is 0 Å². The first kappa shape index (κ1) is 13.0. The molecule has 0 unspecified atom stereocenters. The van der Waals surface area contributed by atoms with Crippen LogP contribution < -0.4 is 16.6 Å². The molecule has 98 valence electrons. The Labute approximate surface area is 112 Å². The number of nitrogens with two attached hydrogens (primary N) is 1. The van der Waals surface area contributed by atoms with Gasteiger partial charge in [-0.05, 0) is 18.2 Å². The minimum Gasteiger partial charge on any atom is -0.334 e. The van der Waals surface area contributed by atoms with Crippen molar-refractivity contribution in [2.45, 2.75) is 0 Å². The third-order valence-electron chi connectivity index (χ3n) is 2.18. The number of nitrogens with one attached hydrogen (secondary N) is 2. The van der Waals surface area contributed by atoms with Crippen LogP contribution in [0.2, 0.25) is 5.02 Å². The maximum absolute atomic E-state index is 10.9. The summed E-state index contributed by atoms with van der Waals surface area (Å²) in [7, 11) is 0. The van der Waals surface area contributed by atoms with Gasteiger partial charge >= 0.3 is 5.69 Å². The smallest absolute Gasteiger partial charge is 0.329 e. The number of benzene rings is 1. The molecule has 19 heavy (non-hydrogen) atoms. The topological polar surface area (TPSA) is 119 Å². The van der Waals surface area contributed by atoms with E-state index in [1.807, 2.05) is 0 Å². The summed E-state index contributed by atoms with van der Waals surface area (Å²) in [5.41, 5.74) is 2.52. The molecule has 8 nitrogen and oxygen atoms in total. The molecule has 2 aromatic rings. The van der Waals surface area contributed by atoms with Gasteiger partial charge in [0, 0.05) is 10.7 Å². The van der Waals surface area contributed by atoms with E-state index in [9.17, 15) is 10.1 Å². The quantitative estimate of drug-likeness (QED) is 0.445. The van der Waals surface area contributed by atoms with Crippen molar-refractivity contribution in [3.05, 3.63) is 45.6 Å². The van der Waals surface area contributed by atoms with Gasteiger partial charge in [0.1, 0.15) is 6.20 Å². The molecule has 0 saturated carbocycles. The van der Waals surface area contributed by atoms with Gasteiger partial charge in [-0.25, -0.2) is 10.8 Å². The van der Waals surface area contributed by atoms with Gasteiger partial charge < -0.3 is 5.32 Å². The number of halogens is 1. The van der Waals surface area contributed by atoms with Crippen LogP contribution in [0.1, 0.15) is 0 Å². The Morgan fingerprint density at radius 2 is 2.21 bits per heavy atom. The standard InChI is InChI=1S/C10H9ClN6O2/c11-6-2-1-3-7(4-6)14-9-8(17(18)19)5-13-10(15-9)16-12/h1-5H,12H2,(H2,13,14,15,16). The summed E-state index contributed by atoms with van der Waals surface area (Å²) in [6.45, 7) is 0. The Balaban J connectivity index is 2.39. The van der Waals surface area contributed by atoms with Crippen LogP contribution in [-0.2, 0) is 0 Å². The number of nitrogen functional groups attached to an aromatic ring is 1. The van der Waals surface area contributed by atoms with Gasteiger partial charge in [0.15, 0.2) is 0 Å². The fourth-order valence-electron chi connectivity index (χ4n) is 1.37. The Morgan fingerprint density at radius 3 is 2.84 bits per heavy atom. The van der Waals surface area contributed by atoms with Crippen molar-refractivity contribution in [3.63, 3.8) is 0 Å². The second kappa shape index (κ2) is 5.46. The number of hydrazine groups is 1. The zero-order chi connectivity index (χ0) is 13.8. The van der Waals surface area contributed by atoms with Crippen LogP contribution in [0.4, 0.5) is 23.1 Å². The molecule has 0 spiro atoms. The minimum absolute atomic E-state index is 0.0233. The molecule has 0 aliphatic rings. The van der Waals surface area contributed by atoms with Crippen molar-refractivity contribution in [2.24, 2.45) is 5.84 Å². The second-order valence-electron chi connectivity index (χ2n) is 3.46. The Hall–Kier alpha value is -2.45. The summed E-state index contributed by atoms with van der Waals surface area (Å²) in [4.78, 5) is 17.9. The summed E-state index contributed by atoms with van der Waals surface area (Å²) >= 11 is 5.83. The van der Waals surface area contributed by atoms with E-state index in [0.717, 1.165) is 6.20 Å². The Kier molecular flexibility index (Phi) is 3.74. The fraction of sp³-hybridized carbons (Fsp3) is 0. The maximum atomic E-state index is 10.9. The van der Waals surface area contributed by atoms with Crippen LogP contribution >= 0.6 is 11.6 Å². The SMILES string of the molecule is NNc1ncc([N+](=O)[O-])c(Nc2cccc(Cl)c2)n1. The van der Waals surface area contributed by atoms with Gasteiger partial charge in [0.25, 0.3) is 0 Å². The largest absolute Gasteiger partial charge is 0.334 e. The highest BCUT2D eigenvalue weighted by Crippen LogP contribution is 2.26. The minimum atomic E-state index is -0.590. The molecule has 1 aromatic heterocycles. The van der Waals surface area contributed by atoms with Crippen LogP contribution in [0, 0.1) is 10.1 Å². The molecule has 0 bridgehead atoms. The van der Waals surface area contributed by atoms with E-state index in [1.54, 1.807) is 24.3 Å². The molecule has 0 saturated heterocycles. The highest BCUT2D eigenvalue weighted by Gasteiger charge is 2.17. The van der Waals surface area contributed by atoms with Crippen molar-refractivity contribution in [3.8, 4) is 0 Å². The third-order valence-corrected chi connectivity index (χ3v) is 2.42. The van der Waals surface area contributed by atoms with E-state index in [4.69, 9.17) is 17.4 Å². The lowest BCUT2D eigenvalue weighted by molar-refractivity contribution is -0.384. The number of anilines is 3. The Morgan fingerprint density at radius 1 is 1.42 bits per heavy atom. The van der Waals surface area contributed by atoms with Crippen LogP contribution in [-0.4, -0.2) is 14.9 Å². The molecule has 4 N–H and O–H groups in total. The average molecular weight is 281 g/mol. The monoisotopic (exact) mass is 280 g/mol. The molecule has 0 fully saturated rings. The summed E-state index contributed by atoms with van der Waals surface area (Å²) in [6, 6.07) is 6.71. The van der Waals surface area contributed by atoms with Gasteiger partial charge in [-0.3, -0.25) is 15.5 Å². The summed E-state index contributed by atoms with van der Waals surface area (Å²) in [6.07, 6.45) is 1.06. The third kappa shape index (κ3) is 3.06. The van der Waals surface area contributed by atoms with E-state index < -0.39 is 4.92 Å². The molecule has 0 amide bonds. The first-order valence-electron chi connectivity index (χ1n) is 5.11. The normalized spacial score (nSPS) is 10.0. The van der Waals surface area contributed by atoms with Gasteiger partial charge in [-0.15, -0.1) is 0 Å². The predicted octanol–water partition coefficient (Wildman–Crippen LogP) is 2.07. The van der Waals surface area contributed by atoms with Gasteiger partial charge in [0.2, 0.25) is 11.8 Å². The van der Waals surface area contributed by atoms with Crippen molar-refractivity contribution in [1.29, 1.82) is 0 Å². The maximum Gasteiger partial charge on any atom is 0.329 e. The van der Waals surface area contributed by atoms with Gasteiger partial charge in [0.05, 0.1) is 4.92 Å². The van der Waals surface area contributed by atoms with Crippen LogP contribution in [0.25, 0.3) is 0 Å². The van der Waals surface area contributed by atoms with Gasteiger partial charge in [-0.1, -0.05) is 17.7 Å². The molecule has 1 aromatic carbocycles. The van der Waals surface area contributed by atoms with Crippen LogP contribution in [0.3, 0.4) is 0 Å². The lowest BCUT2D eigenvalue weighted by atomic mass is 10.3. The number of hydrogen-bond donors (Lipinski definition) is 3. The molecule has 0 radical (unpaired) electrons. The molecular weight excluding hydrogens is 272 g/mol. The van der Waals surface area contributed by atoms with E-state index in [2.05, 4.69) is 20.7 Å². The van der Waals surface area contributed by atoms with E-state index in [-0.39, 0.29) is 17.5 Å². The van der Waals surface area contributed by atoms with Gasteiger partial charge in [-0.2, -0.15) is 4.98 Å². The zero-order valence-electron chi connectivity index (χ0n) is 9.50. The summed E-state index contributed by atoms with van der Waals surface area (Å²) in [5, 5.41) is 14.2. The zero-order valence-corrected chi connectivity index (χ0v) is 10.3. The first-order chi connectivity index (χ1) is 9.10. The van der Waals surface area contributed by atoms with Crippen molar-refractivity contribution < 1.29 is 4.92 Å². The number of aromatic nitrogens is 2. The molecule has 2 rings (SSSR count). The lowest BCUT2D eigenvalue weighted by Gasteiger charge is -2.07. The second-order valence-corrected chi connectivity index (χ2v) is 3.90. The highest BCUT2D eigenvalue weighted by atomic mass is 35.5. The number of hydrogen-bond acceptors (Lipinski definition) is 7. The molecular formula is C10H9ClN6O2. The summed E-state index contributed by atoms with van der Waals surface area (Å²) < 4.78 is 0. The first-order valence-corrected chi connectivity index (χ1v) is 5.48. The van der Waals surface area contributed by atoms with E-state index in [1.165, 1.54) is 0 Å². The van der Waals surface area contributed by atoms with E-state index in [0.29, 0.717) is 10.7 Å². The Bertz CT molecular complexity index is 621. The summed E-state index contributed by atoms with van der Waals surface area (Å²) in [5.74, 6) is 5.26. The molecule has 1 heterocycles. The molecule has 0 aliphatic heterocycles. The molecule has 0 atom stereocenters. The number of rotatable bonds is 4. The van der Waals surface area contributed by atoms with Crippen molar-refractivity contribution in [1.82, 2.24) is 9.97 Å². The van der Waals surface area contributed by atoms with Crippen LogP contribution in [0.15, 0.2) is 30.5 Å². The number of nitro groups is 1. The number of nitrogens with zero attached hydrogens (tertiary/aromatic N) is 3. The van der Waals surface area contributed by atoms with E-state index >= 15 is 0 Å². The average Bonchev–Trinajstić information content (AvgIpc) is 2.38. The molecule has 9 heteroatoms. The fourth-order valence-corrected chi connectivity index (χ4v) is 1.56. The highest BCUT2D eigenvalue weighted by molar-refractivity contribution is 6.30. The molecule has 0 aliphatic carbocycles. The van der Waals surface area contributed by atoms with Crippen molar-refractivity contribution in [2.75, 3.05) is 10.7 Å². The lowest BCUT2D eigenvalue weighted by Crippen LogP contribution is -2.12. The predicted molar refractivity (Wildman–Crippen MR) is 71.2 cm³/mol.